The van der Waals surface area contributed by atoms with Gasteiger partial charge >= 0.3 is 0 Å². The van der Waals surface area contributed by atoms with Crippen molar-refractivity contribution < 1.29 is 0 Å². The summed E-state index contributed by atoms with van der Waals surface area (Å²) in [4.78, 5) is 1.08. The maximum Gasteiger partial charge on any atom is 0.0496 e. The number of rotatable bonds is 1. The molecule has 0 spiro atoms. The molecule has 0 N–H and O–H groups in total. The van der Waals surface area contributed by atoms with Crippen LogP contribution in [0.1, 0.15) is 12.5 Å². The molecule has 68 valence electrons. The van der Waals surface area contributed by atoms with Gasteiger partial charge in [-0.2, -0.15) is 0 Å². The van der Waals surface area contributed by atoms with Crippen LogP contribution in [0.5, 0.6) is 0 Å². The number of benzene rings is 1. The van der Waals surface area contributed by atoms with E-state index in [-0.39, 0.29) is 0 Å². The fraction of sp³-hybridized carbons (Fsp3) is 0.200. The van der Waals surface area contributed by atoms with Gasteiger partial charge in [0, 0.05) is 20.0 Å². The van der Waals surface area contributed by atoms with Crippen LogP contribution < -0.4 is 0 Å². The van der Waals surface area contributed by atoms with Crippen molar-refractivity contribution in [3.05, 3.63) is 28.1 Å². The number of aryl methyl sites for hydroxylation is 1. The SMILES string of the molecule is CCc1cc(Cl)c2ccsc2c1S. The molecular formula is C10H9ClS2. The molecule has 0 nitrogen and oxygen atoms in total. The molecule has 0 aliphatic carbocycles. The van der Waals surface area contributed by atoms with E-state index in [4.69, 9.17) is 11.6 Å². The van der Waals surface area contributed by atoms with Gasteiger partial charge in [0.25, 0.3) is 0 Å². The molecule has 2 rings (SSSR count). The Kier molecular flexibility index (Phi) is 2.54. The van der Waals surface area contributed by atoms with E-state index in [9.17, 15) is 0 Å². The van der Waals surface area contributed by atoms with Crippen LogP contribution in [0.25, 0.3) is 10.1 Å². The topological polar surface area (TPSA) is 0 Å². The van der Waals surface area contributed by atoms with E-state index in [0.717, 1.165) is 21.7 Å². The molecule has 1 aromatic carbocycles. The molecule has 0 saturated carbocycles. The fourth-order valence-corrected chi connectivity index (χ4v) is 3.13. The highest BCUT2D eigenvalue weighted by molar-refractivity contribution is 7.80. The summed E-state index contributed by atoms with van der Waals surface area (Å²) in [6.45, 7) is 2.12. The quantitative estimate of drug-likeness (QED) is 0.687. The average Bonchev–Trinajstić information content (AvgIpc) is 2.60. The molecule has 2 aromatic rings. The van der Waals surface area contributed by atoms with Gasteiger partial charge in [-0.3, -0.25) is 0 Å². The summed E-state index contributed by atoms with van der Waals surface area (Å²) in [5, 5.41) is 4.01. The standard InChI is InChI=1S/C10H9ClS2/c1-2-6-5-8(11)7-3-4-13-10(7)9(6)12/h3-5,12H,2H2,1H3. The molecule has 0 unspecified atom stereocenters. The van der Waals surface area contributed by atoms with Crippen LogP contribution in [0, 0.1) is 0 Å². The first-order chi connectivity index (χ1) is 6.24. The summed E-state index contributed by atoms with van der Waals surface area (Å²) in [5.74, 6) is 0. The molecule has 1 heterocycles. The Morgan fingerprint density at radius 1 is 1.54 bits per heavy atom. The Morgan fingerprint density at radius 2 is 2.31 bits per heavy atom. The second-order valence-corrected chi connectivity index (χ2v) is 4.65. The van der Waals surface area contributed by atoms with E-state index in [1.165, 1.54) is 10.3 Å². The largest absolute Gasteiger partial charge is 0.143 e. The Bertz CT molecular complexity index is 445. The maximum absolute atomic E-state index is 6.13. The Morgan fingerprint density at radius 3 is 3.00 bits per heavy atom. The molecule has 0 saturated heterocycles. The minimum atomic E-state index is 0.839. The summed E-state index contributed by atoms with van der Waals surface area (Å²) in [7, 11) is 0. The van der Waals surface area contributed by atoms with Crippen molar-refractivity contribution in [3.63, 3.8) is 0 Å². The minimum absolute atomic E-state index is 0.839. The van der Waals surface area contributed by atoms with Gasteiger partial charge in [-0.1, -0.05) is 18.5 Å². The van der Waals surface area contributed by atoms with Crippen LogP contribution in [-0.2, 0) is 6.42 Å². The van der Waals surface area contributed by atoms with Gasteiger partial charge in [0.1, 0.15) is 0 Å². The normalized spacial score (nSPS) is 11.0. The molecule has 3 heteroatoms. The molecule has 13 heavy (non-hydrogen) atoms. The second-order valence-electron chi connectivity index (χ2n) is 2.88. The molecular weight excluding hydrogens is 220 g/mol. The van der Waals surface area contributed by atoms with Gasteiger partial charge in [-0.25, -0.2) is 0 Å². The smallest absolute Gasteiger partial charge is 0.0496 e. The summed E-state index contributed by atoms with van der Waals surface area (Å²) in [5.41, 5.74) is 1.23. The molecule has 1 aromatic heterocycles. The molecule has 0 aliphatic heterocycles. The lowest BCUT2D eigenvalue weighted by Gasteiger charge is -2.04. The van der Waals surface area contributed by atoms with Crippen LogP contribution in [0.3, 0.4) is 0 Å². The van der Waals surface area contributed by atoms with Gasteiger partial charge in [-0.15, -0.1) is 24.0 Å². The highest BCUT2D eigenvalue weighted by atomic mass is 35.5. The number of hydrogen-bond donors (Lipinski definition) is 1. The Hall–Kier alpha value is -0.180. The third-order valence-corrected chi connectivity index (χ3v) is 4.03. The highest BCUT2D eigenvalue weighted by Crippen LogP contribution is 2.35. The summed E-state index contributed by atoms with van der Waals surface area (Å²) in [6, 6.07) is 4.06. The van der Waals surface area contributed by atoms with Crippen molar-refractivity contribution in [1.29, 1.82) is 0 Å². The van der Waals surface area contributed by atoms with Crippen LogP contribution >= 0.6 is 35.6 Å². The minimum Gasteiger partial charge on any atom is -0.143 e. The molecule has 0 aliphatic rings. The number of thiol groups is 1. The monoisotopic (exact) mass is 228 g/mol. The third-order valence-electron chi connectivity index (χ3n) is 2.12. The zero-order valence-electron chi connectivity index (χ0n) is 7.17. The van der Waals surface area contributed by atoms with E-state index in [1.54, 1.807) is 11.3 Å². The maximum atomic E-state index is 6.13. The predicted molar refractivity (Wildman–Crippen MR) is 63.5 cm³/mol. The zero-order valence-corrected chi connectivity index (χ0v) is 9.64. The lowest BCUT2D eigenvalue weighted by atomic mass is 10.1. The average molecular weight is 229 g/mol. The Labute approximate surface area is 91.9 Å². The molecule has 0 atom stereocenters. The molecule has 0 fully saturated rings. The molecule has 0 radical (unpaired) electrons. The molecule has 0 amide bonds. The van der Waals surface area contributed by atoms with Crippen LogP contribution in [0.2, 0.25) is 5.02 Å². The fourth-order valence-electron chi connectivity index (χ4n) is 1.40. The number of fused-ring (bicyclic) bond motifs is 1. The lowest BCUT2D eigenvalue weighted by molar-refractivity contribution is 1.10. The van der Waals surface area contributed by atoms with E-state index in [0.29, 0.717) is 0 Å². The highest BCUT2D eigenvalue weighted by Gasteiger charge is 2.07. The van der Waals surface area contributed by atoms with Gasteiger partial charge < -0.3 is 0 Å². The van der Waals surface area contributed by atoms with Crippen LogP contribution in [0.15, 0.2) is 22.4 Å². The van der Waals surface area contributed by atoms with Crippen LogP contribution in [-0.4, -0.2) is 0 Å². The van der Waals surface area contributed by atoms with Crippen molar-refractivity contribution in [2.24, 2.45) is 0 Å². The Balaban J connectivity index is 2.85. The summed E-state index contributed by atoms with van der Waals surface area (Å²) in [6.07, 6.45) is 0.979. The molecule has 0 bridgehead atoms. The van der Waals surface area contributed by atoms with Crippen LogP contribution in [0.4, 0.5) is 0 Å². The van der Waals surface area contributed by atoms with Crippen molar-refractivity contribution in [3.8, 4) is 0 Å². The van der Waals surface area contributed by atoms with E-state index >= 15 is 0 Å². The van der Waals surface area contributed by atoms with Gasteiger partial charge in [0.15, 0.2) is 0 Å². The first kappa shape index (κ1) is 9.38. The van der Waals surface area contributed by atoms with E-state index < -0.39 is 0 Å². The van der Waals surface area contributed by atoms with E-state index in [2.05, 4.69) is 24.9 Å². The van der Waals surface area contributed by atoms with Crippen molar-refractivity contribution in [1.82, 2.24) is 0 Å². The zero-order chi connectivity index (χ0) is 9.42. The summed E-state index contributed by atoms with van der Waals surface area (Å²) >= 11 is 12.3. The second kappa shape index (κ2) is 3.52. The first-order valence-electron chi connectivity index (χ1n) is 4.11. The van der Waals surface area contributed by atoms with Crippen molar-refractivity contribution in [2.75, 3.05) is 0 Å². The van der Waals surface area contributed by atoms with E-state index in [1.807, 2.05) is 12.1 Å². The lowest BCUT2D eigenvalue weighted by Crippen LogP contribution is -1.83. The van der Waals surface area contributed by atoms with Crippen molar-refractivity contribution in [2.45, 2.75) is 18.2 Å². The predicted octanol–water partition coefficient (Wildman–Crippen LogP) is 4.41. The number of thiophene rings is 1. The van der Waals surface area contributed by atoms with Crippen molar-refractivity contribution >= 4 is 45.7 Å². The van der Waals surface area contributed by atoms with Gasteiger partial charge in [0.2, 0.25) is 0 Å². The van der Waals surface area contributed by atoms with Gasteiger partial charge in [0.05, 0.1) is 0 Å². The first-order valence-corrected chi connectivity index (χ1v) is 5.82. The third kappa shape index (κ3) is 1.47. The summed E-state index contributed by atoms with van der Waals surface area (Å²) < 4.78 is 1.20. The number of halogens is 1. The number of hydrogen-bond acceptors (Lipinski definition) is 2. The van der Waals surface area contributed by atoms with Gasteiger partial charge in [-0.05, 0) is 29.5 Å².